The van der Waals surface area contributed by atoms with E-state index < -0.39 is 17.5 Å². The van der Waals surface area contributed by atoms with Gasteiger partial charge in [-0.15, -0.1) is 0 Å². The highest BCUT2D eigenvalue weighted by Gasteiger charge is 2.24. The largest absolute Gasteiger partial charge is 0.366 e. The Bertz CT molecular complexity index is 1690. The monoisotopic (exact) mass is 561 g/mol. The average molecular weight is 562 g/mol. The minimum Gasteiger partial charge on any atom is -0.366 e. The number of nitrogens with zero attached hydrogens (tertiary/aromatic N) is 4. The van der Waals surface area contributed by atoms with Crippen molar-refractivity contribution in [1.82, 2.24) is 25.5 Å². The van der Waals surface area contributed by atoms with E-state index in [2.05, 4.69) is 25.9 Å². The fourth-order valence-corrected chi connectivity index (χ4v) is 4.72. The average Bonchev–Trinajstić information content (AvgIpc) is 3.76. The van der Waals surface area contributed by atoms with E-state index in [-0.39, 0.29) is 18.1 Å². The SMILES string of the molecule is O=C(NCC(=O)N1CCN(c2ccc(-c3cc(CNc4ccon4)on3)cc2F)CC1)c1cc2cc(F)ccc2[nH]1. The number of fused-ring (bicyclic) bond motifs is 1. The summed E-state index contributed by atoms with van der Waals surface area (Å²) in [4.78, 5) is 31.6. The third-order valence-electron chi connectivity index (χ3n) is 6.88. The maximum Gasteiger partial charge on any atom is 0.268 e. The molecular formula is C28H25F2N7O4. The number of halogens is 2. The molecule has 0 radical (unpaired) electrons. The van der Waals surface area contributed by atoms with Gasteiger partial charge in [-0.3, -0.25) is 9.59 Å². The lowest BCUT2D eigenvalue weighted by Gasteiger charge is -2.36. The standard InChI is InChI=1S/C28H25F2N7O4/c29-19-2-3-22-18(11-19)13-24(33-22)28(39)32-16-27(38)37-8-6-36(7-9-37)25-4-1-17(12-21(25)30)23-14-20(41-34-23)15-31-26-5-10-40-35-26/h1-5,10-14,33H,6-9,15-16H2,(H,31,35)(H,32,39). The Morgan fingerprint density at radius 3 is 2.61 bits per heavy atom. The van der Waals surface area contributed by atoms with Gasteiger partial charge in [-0.1, -0.05) is 16.4 Å². The highest BCUT2D eigenvalue weighted by atomic mass is 19.1. The molecule has 0 bridgehead atoms. The number of anilines is 2. The summed E-state index contributed by atoms with van der Waals surface area (Å²) >= 11 is 0. The normalized spacial score (nSPS) is 13.5. The summed E-state index contributed by atoms with van der Waals surface area (Å²) in [6.45, 7) is 1.80. The molecule has 2 aromatic carbocycles. The van der Waals surface area contributed by atoms with Crippen LogP contribution in [0.5, 0.6) is 0 Å². The van der Waals surface area contributed by atoms with Crippen LogP contribution in [0.2, 0.25) is 0 Å². The van der Waals surface area contributed by atoms with Crippen LogP contribution >= 0.6 is 0 Å². The second-order valence-corrected chi connectivity index (χ2v) is 9.55. The lowest BCUT2D eigenvalue weighted by Crippen LogP contribution is -2.51. The van der Waals surface area contributed by atoms with Crippen molar-refractivity contribution >= 4 is 34.2 Å². The van der Waals surface area contributed by atoms with Gasteiger partial charge in [0.2, 0.25) is 5.91 Å². The van der Waals surface area contributed by atoms with Crippen LogP contribution in [0.25, 0.3) is 22.2 Å². The van der Waals surface area contributed by atoms with Crippen LogP contribution < -0.4 is 15.5 Å². The molecule has 210 valence electrons. The minimum absolute atomic E-state index is 0.181. The Balaban J connectivity index is 1.00. The summed E-state index contributed by atoms with van der Waals surface area (Å²) in [5, 5.41) is 14.0. The van der Waals surface area contributed by atoms with Crippen LogP contribution in [0.15, 0.2) is 69.9 Å². The van der Waals surface area contributed by atoms with Crippen molar-refractivity contribution in [3.63, 3.8) is 0 Å². The van der Waals surface area contributed by atoms with Gasteiger partial charge < -0.3 is 34.5 Å². The second kappa shape index (κ2) is 11.1. The highest BCUT2D eigenvalue weighted by molar-refractivity contribution is 5.99. The van der Waals surface area contributed by atoms with Gasteiger partial charge in [0.25, 0.3) is 5.91 Å². The van der Waals surface area contributed by atoms with E-state index in [4.69, 9.17) is 9.05 Å². The smallest absolute Gasteiger partial charge is 0.268 e. The van der Waals surface area contributed by atoms with Crippen LogP contribution in [0.3, 0.4) is 0 Å². The molecule has 3 aromatic heterocycles. The number of carbonyl (C=O) groups is 2. The molecular weight excluding hydrogens is 536 g/mol. The lowest BCUT2D eigenvalue weighted by molar-refractivity contribution is -0.130. The number of hydrogen-bond donors (Lipinski definition) is 3. The molecule has 0 saturated carbocycles. The fourth-order valence-electron chi connectivity index (χ4n) is 4.72. The Labute approximate surface area is 232 Å². The molecule has 2 amide bonds. The molecule has 6 rings (SSSR count). The molecule has 4 heterocycles. The van der Waals surface area contributed by atoms with Crippen LogP contribution in [-0.2, 0) is 11.3 Å². The quantitative estimate of drug-likeness (QED) is 0.261. The molecule has 11 nitrogen and oxygen atoms in total. The number of benzene rings is 2. The maximum absolute atomic E-state index is 15.1. The van der Waals surface area contributed by atoms with Crippen molar-refractivity contribution in [3.05, 3.63) is 83.9 Å². The van der Waals surface area contributed by atoms with Crippen molar-refractivity contribution in [1.29, 1.82) is 0 Å². The number of amides is 2. The molecule has 0 spiro atoms. The summed E-state index contributed by atoms with van der Waals surface area (Å²) < 4.78 is 38.6. The Morgan fingerprint density at radius 2 is 1.83 bits per heavy atom. The number of H-pyrrole nitrogens is 1. The summed E-state index contributed by atoms with van der Waals surface area (Å²) in [6, 6.07) is 14.0. The Kier molecular flexibility index (Phi) is 7.06. The van der Waals surface area contributed by atoms with Crippen LogP contribution in [0, 0.1) is 11.6 Å². The number of aromatic nitrogens is 3. The minimum atomic E-state index is -0.457. The summed E-state index contributed by atoms with van der Waals surface area (Å²) in [5.41, 5.74) is 2.38. The topological polar surface area (TPSA) is 133 Å². The van der Waals surface area contributed by atoms with Gasteiger partial charge in [0, 0.05) is 54.8 Å². The van der Waals surface area contributed by atoms with Crippen molar-refractivity contribution in [3.8, 4) is 11.3 Å². The van der Waals surface area contributed by atoms with Gasteiger partial charge in [-0.05, 0) is 36.4 Å². The van der Waals surface area contributed by atoms with E-state index in [9.17, 15) is 14.0 Å². The molecule has 0 unspecified atom stereocenters. The summed E-state index contributed by atoms with van der Waals surface area (Å²) in [5.74, 6) is -0.378. The third-order valence-corrected chi connectivity index (χ3v) is 6.88. The zero-order chi connectivity index (χ0) is 28.3. The second-order valence-electron chi connectivity index (χ2n) is 9.55. The van der Waals surface area contributed by atoms with E-state index in [1.54, 1.807) is 35.2 Å². The van der Waals surface area contributed by atoms with Crippen LogP contribution in [0.1, 0.15) is 16.2 Å². The first kappa shape index (κ1) is 26.0. The summed E-state index contributed by atoms with van der Waals surface area (Å²) in [6.07, 6.45) is 1.45. The fraction of sp³-hybridized carbons (Fsp3) is 0.214. The van der Waals surface area contributed by atoms with E-state index in [0.717, 1.165) is 0 Å². The molecule has 1 aliphatic rings. The molecule has 13 heteroatoms. The van der Waals surface area contributed by atoms with Crippen LogP contribution in [-0.4, -0.2) is 64.7 Å². The van der Waals surface area contributed by atoms with E-state index in [1.807, 2.05) is 4.90 Å². The van der Waals surface area contributed by atoms with Gasteiger partial charge in [0.1, 0.15) is 29.3 Å². The molecule has 1 saturated heterocycles. The zero-order valence-electron chi connectivity index (χ0n) is 21.7. The number of nitrogens with one attached hydrogen (secondary N) is 3. The Hall–Kier alpha value is -5.20. The molecule has 0 atom stereocenters. The Morgan fingerprint density at radius 1 is 0.976 bits per heavy atom. The number of rotatable bonds is 8. The van der Waals surface area contributed by atoms with Gasteiger partial charge in [0.05, 0.1) is 18.8 Å². The van der Waals surface area contributed by atoms with E-state index in [0.29, 0.717) is 72.1 Å². The van der Waals surface area contributed by atoms with Gasteiger partial charge >= 0.3 is 0 Å². The molecule has 1 fully saturated rings. The highest BCUT2D eigenvalue weighted by Crippen LogP contribution is 2.27. The van der Waals surface area contributed by atoms with Crippen molar-refractivity contribution in [2.45, 2.75) is 6.54 Å². The maximum atomic E-state index is 15.1. The number of carbonyl (C=O) groups excluding carboxylic acids is 2. The molecule has 5 aromatic rings. The molecule has 3 N–H and O–H groups in total. The molecule has 0 aliphatic carbocycles. The first-order valence-corrected chi connectivity index (χ1v) is 12.9. The number of aromatic amines is 1. The van der Waals surface area contributed by atoms with Crippen LogP contribution in [0.4, 0.5) is 20.3 Å². The van der Waals surface area contributed by atoms with E-state index >= 15 is 4.39 Å². The molecule has 1 aliphatic heterocycles. The summed E-state index contributed by atoms with van der Waals surface area (Å²) in [7, 11) is 0. The lowest BCUT2D eigenvalue weighted by atomic mass is 10.1. The van der Waals surface area contributed by atoms with Crippen molar-refractivity contribution in [2.24, 2.45) is 0 Å². The molecule has 41 heavy (non-hydrogen) atoms. The first-order valence-electron chi connectivity index (χ1n) is 12.9. The first-order chi connectivity index (χ1) is 19.9. The predicted octanol–water partition coefficient (Wildman–Crippen LogP) is 3.78. The van der Waals surface area contributed by atoms with Crippen molar-refractivity contribution < 1.29 is 27.4 Å². The van der Waals surface area contributed by atoms with Gasteiger partial charge in [-0.2, -0.15) is 0 Å². The third kappa shape index (κ3) is 5.73. The van der Waals surface area contributed by atoms with E-state index in [1.165, 1.54) is 30.5 Å². The van der Waals surface area contributed by atoms with Gasteiger partial charge in [-0.25, -0.2) is 8.78 Å². The number of hydrogen-bond acceptors (Lipinski definition) is 8. The zero-order valence-corrected chi connectivity index (χ0v) is 21.7. The predicted molar refractivity (Wildman–Crippen MR) is 145 cm³/mol. The number of piperazine rings is 1. The van der Waals surface area contributed by atoms with Crippen molar-refractivity contribution in [2.75, 3.05) is 42.9 Å². The van der Waals surface area contributed by atoms with Gasteiger partial charge in [0.15, 0.2) is 11.6 Å².